The first-order chi connectivity index (χ1) is 18.7. The lowest BCUT2D eigenvalue weighted by molar-refractivity contribution is -0.119. The van der Waals surface area contributed by atoms with Gasteiger partial charge in [0.05, 0.1) is 16.8 Å². The zero-order chi connectivity index (χ0) is 27.8. The Kier molecular flexibility index (Phi) is 9.01. The number of carbonyl (C=O) groups excluding carboxylic acids is 1. The van der Waals surface area contributed by atoms with Crippen LogP contribution in [0.2, 0.25) is 5.02 Å². The zero-order valence-electron chi connectivity index (χ0n) is 21.5. The summed E-state index contributed by atoms with van der Waals surface area (Å²) in [4.78, 5) is 12.9. The van der Waals surface area contributed by atoms with Gasteiger partial charge in [0.15, 0.2) is 0 Å². The van der Waals surface area contributed by atoms with E-state index in [4.69, 9.17) is 16.3 Å². The van der Waals surface area contributed by atoms with Gasteiger partial charge in [-0.3, -0.25) is 9.10 Å². The van der Waals surface area contributed by atoms with Crippen LogP contribution in [0, 0.1) is 13.8 Å². The van der Waals surface area contributed by atoms with Crippen LogP contribution in [0.4, 0.5) is 5.69 Å². The van der Waals surface area contributed by atoms with Crippen molar-refractivity contribution < 1.29 is 17.9 Å². The first-order valence-corrected chi connectivity index (χ1v) is 14.0. The van der Waals surface area contributed by atoms with Gasteiger partial charge in [0.25, 0.3) is 15.9 Å². The Labute approximate surface area is 233 Å². The van der Waals surface area contributed by atoms with Crippen LogP contribution in [0.25, 0.3) is 0 Å². The maximum atomic E-state index is 13.5. The van der Waals surface area contributed by atoms with Crippen molar-refractivity contribution in [1.82, 2.24) is 5.43 Å². The summed E-state index contributed by atoms with van der Waals surface area (Å²) in [6, 6.07) is 28.1. The third-order valence-corrected chi connectivity index (χ3v) is 7.79. The number of hydrogen-bond donors (Lipinski definition) is 1. The van der Waals surface area contributed by atoms with Crippen LogP contribution in [0.3, 0.4) is 0 Å². The number of anilines is 1. The lowest BCUT2D eigenvalue weighted by Gasteiger charge is -2.24. The number of sulfonamides is 1. The van der Waals surface area contributed by atoms with Crippen LogP contribution < -0.4 is 14.5 Å². The highest BCUT2D eigenvalue weighted by Gasteiger charge is 2.27. The molecule has 0 aliphatic rings. The Balaban J connectivity index is 1.40. The molecule has 39 heavy (non-hydrogen) atoms. The number of halogens is 1. The third-order valence-electron chi connectivity index (χ3n) is 5.76. The summed E-state index contributed by atoms with van der Waals surface area (Å²) >= 11 is 6.01. The third kappa shape index (κ3) is 7.69. The van der Waals surface area contributed by atoms with E-state index in [0.717, 1.165) is 26.6 Å². The number of carbonyl (C=O) groups is 1. The van der Waals surface area contributed by atoms with Crippen LogP contribution >= 0.6 is 11.6 Å². The van der Waals surface area contributed by atoms with Gasteiger partial charge in [-0.15, -0.1) is 0 Å². The maximum absolute atomic E-state index is 13.5. The van der Waals surface area contributed by atoms with Gasteiger partial charge in [0.1, 0.15) is 18.9 Å². The minimum Gasteiger partial charge on any atom is -0.489 e. The summed E-state index contributed by atoms with van der Waals surface area (Å²) in [6.07, 6.45) is 1.48. The van der Waals surface area contributed by atoms with E-state index in [-0.39, 0.29) is 4.90 Å². The van der Waals surface area contributed by atoms with Crippen molar-refractivity contribution >= 4 is 39.4 Å². The highest BCUT2D eigenvalue weighted by molar-refractivity contribution is 7.92. The molecule has 0 saturated carbocycles. The van der Waals surface area contributed by atoms with Gasteiger partial charge in [-0.25, -0.2) is 13.8 Å². The number of rotatable bonds is 10. The fourth-order valence-corrected chi connectivity index (χ4v) is 5.35. The summed E-state index contributed by atoms with van der Waals surface area (Å²) in [5, 5.41) is 4.66. The number of hydrazone groups is 1. The van der Waals surface area contributed by atoms with Crippen molar-refractivity contribution in [3.8, 4) is 5.75 Å². The van der Waals surface area contributed by atoms with Crippen LogP contribution in [0.15, 0.2) is 107 Å². The van der Waals surface area contributed by atoms with Crippen molar-refractivity contribution in [3.63, 3.8) is 0 Å². The Hall–Kier alpha value is -4.14. The number of nitrogens with one attached hydrogen (secondary N) is 1. The smallest absolute Gasteiger partial charge is 0.264 e. The number of ether oxygens (including phenoxy) is 1. The molecule has 0 atom stereocenters. The lowest BCUT2D eigenvalue weighted by Crippen LogP contribution is -2.39. The molecule has 0 aromatic heterocycles. The SMILES string of the molecule is Cc1ccc(S(=O)(=O)N(CC(=O)N/N=C\c2ccc(OCc3cccc(Cl)c3)cc2)c2cccc(C)c2)cc1. The molecule has 0 fully saturated rings. The minimum absolute atomic E-state index is 0.101. The first-order valence-electron chi connectivity index (χ1n) is 12.2. The van der Waals surface area contributed by atoms with Gasteiger partial charge in [-0.2, -0.15) is 5.10 Å². The van der Waals surface area contributed by atoms with Crippen molar-refractivity contribution in [2.24, 2.45) is 5.10 Å². The molecule has 0 bridgehead atoms. The Morgan fingerprint density at radius 3 is 2.33 bits per heavy atom. The molecule has 200 valence electrons. The monoisotopic (exact) mass is 561 g/mol. The second kappa shape index (κ2) is 12.6. The van der Waals surface area contributed by atoms with Gasteiger partial charge in [0, 0.05) is 5.02 Å². The largest absolute Gasteiger partial charge is 0.489 e. The predicted octanol–water partition coefficient (Wildman–Crippen LogP) is 5.88. The second-order valence-electron chi connectivity index (χ2n) is 8.94. The molecule has 0 saturated heterocycles. The number of benzene rings is 4. The summed E-state index contributed by atoms with van der Waals surface area (Å²) in [7, 11) is -3.99. The van der Waals surface area contributed by atoms with E-state index < -0.39 is 22.5 Å². The van der Waals surface area contributed by atoms with Crippen LogP contribution in [0.5, 0.6) is 5.75 Å². The molecular weight excluding hydrogens is 534 g/mol. The second-order valence-corrected chi connectivity index (χ2v) is 11.2. The summed E-state index contributed by atoms with van der Waals surface area (Å²) in [6.45, 7) is 3.68. The summed E-state index contributed by atoms with van der Waals surface area (Å²) in [5.74, 6) is 0.0937. The molecule has 1 N–H and O–H groups in total. The lowest BCUT2D eigenvalue weighted by atomic mass is 10.2. The molecule has 4 aromatic rings. The van der Waals surface area contributed by atoms with Crippen LogP contribution in [0.1, 0.15) is 22.3 Å². The normalized spacial score (nSPS) is 11.4. The van der Waals surface area contributed by atoms with Crippen molar-refractivity contribution in [2.45, 2.75) is 25.3 Å². The highest BCUT2D eigenvalue weighted by atomic mass is 35.5. The molecule has 9 heteroatoms. The average molecular weight is 562 g/mol. The topological polar surface area (TPSA) is 88.1 Å². The number of nitrogens with zero attached hydrogens (tertiary/aromatic N) is 2. The van der Waals surface area contributed by atoms with E-state index in [1.54, 1.807) is 60.7 Å². The quantitative estimate of drug-likeness (QED) is 0.193. The molecule has 4 aromatic carbocycles. The van der Waals surface area contributed by atoms with Crippen LogP contribution in [-0.4, -0.2) is 27.1 Å². The molecular formula is C30H28ClN3O4S. The number of amides is 1. The zero-order valence-corrected chi connectivity index (χ0v) is 23.1. The maximum Gasteiger partial charge on any atom is 0.264 e. The number of hydrogen-bond acceptors (Lipinski definition) is 5. The summed E-state index contributed by atoms with van der Waals surface area (Å²) < 4.78 is 33.8. The van der Waals surface area contributed by atoms with Gasteiger partial charge < -0.3 is 4.74 Å². The Bertz CT molecular complexity index is 1570. The van der Waals surface area contributed by atoms with E-state index in [1.165, 1.54) is 18.3 Å². The predicted molar refractivity (Wildman–Crippen MR) is 155 cm³/mol. The van der Waals surface area contributed by atoms with Gasteiger partial charge in [-0.05, 0) is 91.2 Å². The van der Waals surface area contributed by atoms with E-state index >= 15 is 0 Å². The molecule has 0 heterocycles. The van der Waals surface area contributed by atoms with E-state index in [2.05, 4.69) is 10.5 Å². The van der Waals surface area contributed by atoms with Crippen molar-refractivity contribution in [1.29, 1.82) is 0 Å². The fourth-order valence-electron chi connectivity index (χ4n) is 3.72. The molecule has 4 rings (SSSR count). The first kappa shape index (κ1) is 27.9. The van der Waals surface area contributed by atoms with E-state index in [9.17, 15) is 13.2 Å². The molecule has 0 spiro atoms. The fraction of sp³-hybridized carbons (Fsp3) is 0.133. The minimum atomic E-state index is -3.99. The molecule has 1 amide bonds. The van der Waals surface area contributed by atoms with E-state index in [1.807, 2.05) is 38.1 Å². The highest BCUT2D eigenvalue weighted by Crippen LogP contribution is 2.24. The Morgan fingerprint density at radius 2 is 1.64 bits per heavy atom. The van der Waals surface area contributed by atoms with Crippen molar-refractivity contribution in [2.75, 3.05) is 10.8 Å². The van der Waals surface area contributed by atoms with Crippen molar-refractivity contribution in [3.05, 3.63) is 124 Å². The summed E-state index contributed by atoms with van der Waals surface area (Å²) in [5.41, 5.74) is 6.31. The van der Waals surface area contributed by atoms with Gasteiger partial charge >= 0.3 is 0 Å². The molecule has 0 unspecified atom stereocenters. The van der Waals surface area contributed by atoms with Gasteiger partial charge in [0.2, 0.25) is 0 Å². The number of aryl methyl sites for hydroxylation is 2. The standard InChI is InChI=1S/C30H28ClN3O4S/c1-22-9-15-29(16-10-22)39(36,37)34(27-8-3-5-23(2)17-27)20-30(35)33-32-19-24-11-13-28(14-12-24)38-21-25-6-4-7-26(31)18-25/h3-19H,20-21H2,1-2H3,(H,33,35)/b32-19-. The molecule has 0 radical (unpaired) electrons. The van der Waals surface area contributed by atoms with Crippen LogP contribution in [-0.2, 0) is 21.4 Å². The molecule has 0 aliphatic carbocycles. The Morgan fingerprint density at radius 1 is 0.923 bits per heavy atom. The molecule has 0 aliphatic heterocycles. The van der Waals surface area contributed by atoms with E-state index in [0.29, 0.717) is 23.1 Å². The average Bonchev–Trinajstić information content (AvgIpc) is 2.91. The molecule has 7 nitrogen and oxygen atoms in total. The van der Waals surface area contributed by atoms with Gasteiger partial charge in [-0.1, -0.05) is 53.6 Å².